The Balaban J connectivity index is 2.59. The molecule has 1 heterocycles. The summed E-state index contributed by atoms with van der Waals surface area (Å²) in [5.74, 6) is -0.0201. The van der Waals surface area contributed by atoms with Gasteiger partial charge in [-0.05, 0) is 19.8 Å². The number of ether oxygens (including phenoxy) is 2. The molecule has 1 fully saturated rings. The first-order chi connectivity index (χ1) is 5.42. The van der Waals surface area contributed by atoms with Crippen molar-refractivity contribution in [1.29, 1.82) is 0 Å². The number of hydrogen-bond donors (Lipinski definition) is 1. The summed E-state index contributed by atoms with van der Waals surface area (Å²) < 4.78 is 11.1. The molecule has 2 atom stereocenters. The lowest BCUT2D eigenvalue weighted by molar-refractivity contribution is -0.286. The van der Waals surface area contributed by atoms with Crippen molar-refractivity contribution in [1.82, 2.24) is 0 Å². The molecule has 72 valence electrons. The van der Waals surface area contributed by atoms with Gasteiger partial charge in [0.1, 0.15) is 0 Å². The first-order valence-corrected chi connectivity index (χ1v) is 4.50. The Hall–Kier alpha value is -0.120. The van der Waals surface area contributed by atoms with Gasteiger partial charge in [0.05, 0.1) is 18.8 Å². The van der Waals surface area contributed by atoms with Crippen LogP contribution in [0.3, 0.4) is 0 Å². The highest BCUT2D eigenvalue weighted by Crippen LogP contribution is 2.25. The van der Waals surface area contributed by atoms with Gasteiger partial charge in [-0.2, -0.15) is 0 Å². The van der Waals surface area contributed by atoms with Gasteiger partial charge in [-0.25, -0.2) is 0 Å². The van der Waals surface area contributed by atoms with Gasteiger partial charge in [0.15, 0.2) is 5.79 Å². The molecule has 1 saturated heterocycles. The van der Waals surface area contributed by atoms with Gasteiger partial charge >= 0.3 is 0 Å². The van der Waals surface area contributed by atoms with Crippen molar-refractivity contribution >= 4 is 0 Å². The molecule has 0 saturated carbocycles. The summed E-state index contributed by atoms with van der Waals surface area (Å²) >= 11 is 0. The fraction of sp³-hybridized carbons (Fsp3) is 1.00. The standard InChI is InChI=1S/C9H19NO2/c1-6(2)8-7(10)5-11-9(3,4)12-8/h6-8H,5,10H2,1-4H3. The second-order valence-electron chi connectivity index (χ2n) is 4.20. The monoisotopic (exact) mass is 173 g/mol. The van der Waals surface area contributed by atoms with E-state index in [1.54, 1.807) is 0 Å². The van der Waals surface area contributed by atoms with E-state index in [0.29, 0.717) is 12.5 Å². The Morgan fingerprint density at radius 1 is 1.42 bits per heavy atom. The van der Waals surface area contributed by atoms with E-state index in [1.165, 1.54) is 0 Å². The first kappa shape index (κ1) is 9.96. The van der Waals surface area contributed by atoms with Gasteiger partial charge in [-0.3, -0.25) is 0 Å². The van der Waals surface area contributed by atoms with E-state index >= 15 is 0 Å². The molecule has 2 unspecified atom stereocenters. The number of rotatable bonds is 1. The van der Waals surface area contributed by atoms with E-state index < -0.39 is 5.79 Å². The Morgan fingerprint density at radius 3 is 2.42 bits per heavy atom. The van der Waals surface area contributed by atoms with Gasteiger partial charge in [-0.1, -0.05) is 13.8 Å². The molecule has 0 spiro atoms. The maximum absolute atomic E-state index is 5.85. The second kappa shape index (κ2) is 3.32. The van der Waals surface area contributed by atoms with Gasteiger partial charge in [0.2, 0.25) is 0 Å². The number of hydrogen-bond acceptors (Lipinski definition) is 3. The maximum Gasteiger partial charge on any atom is 0.163 e. The quantitative estimate of drug-likeness (QED) is 0.646. The number of nitrogens with two attached hydrogens (primary N) is 1. The Bertz CT molecular complexity index is 157. The van der Waals surface area contributed by atoms with Gasteiger partial charge < -0.3 is 15.2 Å². The van der Waals surface area contributed by atoms with Crippen LogP contribution in [0, 0.1) is 5.92 Å². The van der Waals surface area contributed by atoms with Crippen LogP contribution in [-0.4, -0.2) is 24.5 Å². The van der Waals surface area contributed by atoms with E-state index in [2.05, 4.69) is 13.8 Å². The van der Waals surface area contributed by atoms with Crippen LogP contribution in [0.1, 0.15) is 27.7 Å². The predicted octanol–water partition coefficient (Wildman–Crippen LogP) is 1.12. The molecule has 0 radical (unpaired) electrons. The molecule has 0 bridgehead atoms. The lowest BCUT2D eigenvalue weighted by atomic mass is 9.99. The van der Waals surface area contributed by atoms with Crippen LogP contribution in [0.25, 0.3) is 0 Å². The van der Waals surface area contributed by atoms with Gasteiger partial charge in [0, 0.05) is 0 Å². The van der Waals surface area contributed by atoms with E-state index in [0.717, 1.165) is 0 Å². The zero-order chi connectivity index (χ0) is 9.35. The third kappa shape index (κ3) is 2.19. The molecule has 3 heteroatoms. The minimum Gasteiger partial charge on any atom is -0.349 e. The van der Waals surface area contributed by atoms with Crippen LogP contribution in [0.4, 0.5) is 0 Å². The van der Waals surface area contributed by atoms with Crippen LogP contribution >= 0.6 is 0 Å². The predicted molar refractivity (Wildman–Crippen MR) is 47.7 cm³/mol. The fourth-order valence-corrected chi connectivity index (χ4v) is 1.47. The maximum atomic E-state index is 5.85. The molecular formula is C9H19NO2. The largest absolute Gasteiger partial charge is 0.349 e. The highest BCUT2D eigenvalue weighted by atomic mass is 16.7. The summed E-state index contributed by atoms with van der Waals surface area (Å²) in [5, 5.41) is 0. The molecule has 1 aliphatic heterocycles. The van der Waals surface area contributed by atoms with Crippen molar-refractivity contribution in [2.24, 2.45) is 11.7 Å². The van der Waals surface area contributed by atoms with E-state index in [9.17, 15) is 0 Å². The van der Waals surface area contributed by atoms with E-state index in [1.807, 2.05) is 13.8 Å². The third-order valence-electron chi connectivity index (χ3n) is 2.12. The van der Waals surface area contributed by atoms with E-state index in [-0.39, 0.29) is 12.1 Å². The summed E-state index contributed by atoms with van der Waals surface area (Å²) in [6, 6.07) is 0.0121. The van der Waals surface area contributed by atoms with E-state index in [4.69, 9.17) is 15.2 Å². The fourth-order valence-electron chi connectivity index (χ4n) is 1.47. The molecule has 1 rings (SSSR count). The topological polar surface area (TPSA) is 44.5 Å². The lowest BCUT2D eigenvalue weighted by Crippen LogP contribution is -2.54. The van der Waals surface area contributed by atoms with Gasteiger partial charge in [0.25, 0.3) is 0 Å². The van der Waals surface area contributed by atoms with Gasteiger partial charge in [-0.15, -0.1) is 0 Å². The third-order valence-corrected chi connectivity index (χ3v) is 2.12. The molecule has 2 N–H and O–H groups in total. The smallest absolute Gasteiger partial charge is 0.163 e. The molecule has 12 heavy (non-hydrogen) atoms. The minimum absolute atomic E-state index is 0.0121. The van der Waals surface area contributed by atoms with Crippen molar-refractivity contribution < 1.29 is 9.47 Å². The van der Waals surface area contributed by atoms with Crippen LogP contribution < -0.4 is 5.73 Å². The molecule has 0 aliphatic carbocycles. The Labute approximate surface area is 74.2 Å². The molecule has 0 aromatic rings. The normalized spacial score (nSPS) is 35.5. The van der Waals surface area contributed by atoms with Crippen LogP contribution in [-0.2, 0) is 9.47 Å². The van der Waals surface area contributed by atoms with Crippen molar-refractivity contribution in [3.63, 3.8) is 0 Å². The lowest BCUT2D eigenvalue weighted by Gasteiger charge is -2.41. The Morgan fingerprint density at radius 2 is 2.00 bits per heavy atom. The van der Waals surface area contributed by atoms with Crippen molar-refractivity contribution in [2.75, 3.05) is 6.61 Å². The summed E-state index contributed by atoms with van der Waals surface area (Å²) in [7, 11) is 0. The van der Waals surface area contributed by atoms with Crippen molar-refractivity contribution in [2.45, 2.75) is 45.6 Å². The Kier molecular flexibility index (Phi) is 2.76. The minimum atomic E-state index is -0.467. The van der Waals surface area contributed by atoms with Crippen molar-refractivity contribution in [3.05, 3.63) is 0 Å². The molecule has 0 amide bonds. The zero-order valence-corrected chi connectivity index (χ0v) is 8.33. The summed E-state index contributed by atoms with van der Waals surface area (Å²) in [4.78, 5) is 0. The first-order valence-electron chi connectivity index (χ1n) is 4.50. The molecule has 3 nitrogen and oxygen atoms in total. The van der Waals surface area contributed by atoms with Crippen LogP contribution in [0.5, 0.6) is 0 Å². The van der Waals surface area contributed by atoms with Crippen molar-refractivity contribution in [3.8, 4) is 0 Å². The summed E-state index contributed by atoms with van der Waals surface area (Å²) in [6.45, 7) is 8.68. The molecular weight excluding hydrogens is 154 g/mol. The molecule has 0 aromatic heterocycles. The zero-order valence-electron chi connectivity index (χ0n) is 8.33. The SMILES string of the molecule is CC(C)C1OC(C)(C)OCC1N. The summed E-state index contributed by atoms with van der Waals surface area (Å²) in [5.41, 5.74) is 5.85. The second-order valence-corrected chi connectivity index (χ2v) is 4.20. The summed E-state index contributed by atoms with van der Waals surface area (Å²) in [6.07, 6.45) is 0.119. The average Bonchev–Trinajstić information content (AvgIpc) is 1.94. The highest BCUT2D eigenvalue weighted by molar-refractivity contribution is 4.82. The molecule has 0 aromatic carbocycles. The van der Waals surface area contributed by atoms with Crippen LogP contribution in [0.2, 0.25) is 0 Å². The highest BCUT2D eigenvalue weighted by Gasteiger charge is 2.35. The van der Waals surface area contributed by atoms with Crippen LogP contribution in [0.15, 0.2) is 0 Å². The molecule has 1 aliphatic rings. The average molecular weight is 173 g/mol.